The molecule has 2 aromatic carbocycles. The lowest BCUT2D eigenvalue weighted by Crippen LogP contribution is -2.27. The summed E-state index contributed by atoms with van der Waals surface area (Å²) in [5.41, 5.74) is 2.44. The molecule has 0 saturated carbocycles. The number of hydrogen-bond donors (Lipinski definition) is 0. The maximum absolute atomic E-state index is 5.65. The number of ether oxygens (including phenoxy) is 2. The van der Waals surface area contributed by atoms with Gasteiger partial charge in [-0.15, -0.1) is 0 Å². The highest BCUT2D eigenvalue weighted by Crippen LogP contribution is 2.48. The Morgan fingerprint density at radius 1 is 1.07 bits per heavy atom. The minimum absolute atomic E-state index is 0.320. The highest BCUT2D eigenvalue weighted by atomic mass is 16.5. The van der Waals surface area contributed by atoms with Crippen LogP contribution >= 0.6 is 0 Å². The highest BCUT2D eigenvalue weighted by Gasteiger charge is 2.46. The molecule has 2 aliphatic rings. The lowest BCUT2D eigenvalue weighted by molar-refractivity contribution is 0.243. The number of rotatable bonds is 6. The zero-order valence-electron chi connectivity index (χ0n) is 17.5. The Kier molecular flexibility index (Phi) is 5.17. The fraction of sp³-hybridized carbons (Fsp3) is 0.417. The minimum Gasteiger partial charge on any atom is -0.493 e. The van der Waals surface area contributed by atoms with Crippen molar-refractivity contribution in [2.24, 2.45) is 0 Å². The van der Waals surface area contributed by atoms with E-state index >= 15 is 0 Å². The topological polar surface area (TPSA) is 60.6 Å². The van der Waals surface area contributed by atoms with Gasteiger partial charge in [-0.05, 0) is 49.1 Å². The molecule has 0 spiro atoms. The fourth-order valence-electron chi connectivity index (χ4n) is 5.10. The number of nitrogens with zero attached hydrogens (tertiary/aromatic N) is 3. The third-order valence-corrected chi connectivity index (χ3v) is 6.49. The first-order chi connectivity index (χ1) is 14.8. The van der Waals surface area contributed by atoms with Crippen LogP contribution in [-0.4, -0.2) is 41.8 Å². The first kappa shape index (κ1) is 19.1. The molecule has 0 radical (unpaired) electrons. The van der Waals surface area contributed by atoms with Crippen LogP contribution in [-0.2, 0) is 6.42 Å². The number of methoxy groups -OCH3 is 2. The van der Waals surface area contributed by atoms with Gasteiger partial charge >= 0.3 is 0 Å². The van der Waals surface area contributed by atoms with E-state index in [2.05, 4.69) is 40.4 Å². The average Bonchev–Trinajstić information content (AvgIpc) is 3.51. The molecule has 2 fully saturated rings. The van der Waals surface area contributed by atoms with Crippen LogP contribution in [0, 0.1) is 0 Å². The second kappa shape index (κ2) is 8.11. The lowest BCUT2D eigenvalue weighted by atomic mass is 9.94. The lowest BCUT2D eigenvalue weighted by Gasteiger charge is -2.24. The van der Waals surface area contributed by atoms with Gasteiger partial charge in [0.05, 0.1) is 20.6 Å². The summed E-state index contributed by atoms with van der Waals surface area (Å²) in [5.74, 6) is 3.23. The summed E-state index contributed by atoms with van der Waals surface area (Å²) < 4.78 is 16.4. The summed E-state index contributed by atoms with van der Waals surface area (Å²) >= 11 is 0. The molecular formula is C24H27N3O3. The van der Waals surface area contributed by atoms with Gasteiger partial charge in [-0.1, -0.05) is 41.6 Å². The van der Waals surface area contributed by atoms with E-state index in [0.717, 1.165) is 24.4 Å². The Balaban J connectivity index is 1.35. The maximum atomic E-state index is 5.65. The quantitative estimate of drug-likeness (QED) is 0.607. The Morgan fingerprint density at radius 2 is 1.90 bits per heavy atom. The molecule has 0 bridgehead atoms. The van der Waals surface area contributed by atoms with Gasteiger partial charge in [-0.25, -0.2) is 0 Å². The Morgan fingerprint density at radius 3 is 2.70 bits per heavy atom. The van der Waals surface area contributed by atoms with E-state index in [-0.39, 0.29) is 0 Å². The van der Waals surface area contributed by atoms with Crippen LogP contribution in [0.2, 0.25) is 0 Å². The molecule has 0 N–H and O–H groups in total. The molecule has 0 unspecified atom stereocenters. The van der Waals surface area contributed by atoms with Crippen LogP contribution in [0.25, 0.3) is 0 Å². The molecule has 0 aliphatic carbocycles. The van der Waals surface area contributed by atoms with Crippen molar-refractivity contribution in [2.45, 2.75) is 43.7 Å². The second-order valence-electron chi connectivity index (χ2n) is 8.13. The van der Waals surface area contributed by atoms with E-state index in [1.807, 2.05) is 18.2 Å². The maximum Gasteiger partial charge on any atom is 0.231 e. The molecule has 6 nitrogen and oxygen atoms in total. The van der Waals surface area contributed by atoms with E-state index in [1.165, 1.54) is 18.4 Å². The van der Waals surface area contributed by atoms with E-state index in [4.69, 9.17) is 19.0 Å². The first-order valence-corrected chi connectivity index (χ1v) is 10.6. The number of benzene rings is 2. The molecule has 3 heterocycles. The van der Waals surface area contributed by atoms with Gasteiger partial charge in [0.25, 0.3) is 0 Å². The van der Waals surface area contributed by atoms with Crippen molar-refractivity contribution in [3.05, 3.63) is 71.4 Å². The predicted molar refractivity (Wildman–Crippen MR) is 113 cm³/mol. The van der Waals surface area contributed by atoms with Gasteiger partial charge in [-0.3, -0.25) is 4.90 Å². The highest BCUT2D eigenvalue weighted by molar-refractivity contribution is 5.43. The van der Waals surface area contributed by atoms with Crippen molar-refractivity contribution in [2.75, 3.05) is 20.8 Å². The molecule has 6 heteroatoms. The zero-order chi connectivity index (χ0) is 20.5. The third-order valence-electron chi connectivity index (χ3n) is 6.49. The first-order valence-electron chi connectivity index (χ1n) is 10.6. The molecule has 156 valence electrons. The summed E-state index contributed by atoms with van der Waals surface area (Å²) in [6, 6.07) is 17.6. The molecule has 2 aliphatic heterocycles. The Bertz CT molecular complexity index is 1000. The van der Waals surface area contributed by atoms with Gasteiger partial charge in [-0.2, -0.15) is 4.98 Å². The van der Waals surface area contributed by atoms with E-state index in [0.29, 0.717) is 41.8 Å². The van der Waals surface area contributed by atoms with Crippen LogP contribution in [0.15, 0.2) is 53.1 Å². The SMILES string of the molecule is COc1ccc(Cc2nc([C@@H]3C[C@H](c4ccccc4)N4CCC[C@@H]34)no2)cc1OC. The van der Waals surface area contributed by atoms with E-state index in [1.54, 1.807) is 14.2 Å². The van der Waals surface area contributed by atoms with Crippen molar-refractivity contribution in [3.8, 4) is 11.5 Å². The predicted octanol–water partition coefficient (Wildman–Crippen LogP) is 4.37. The van der Waals surface area contributed by atoms with E-state index in [9.17, 15) is 0 Å². The van der Waals surface area contributed by atoms with Gasteiger partial charge in [0.1, 0.15) is 0 Å². The summed E-state index contributed by atoms with van der Waals surface area (Å²) in [6.45, 7) is 1.15. The van der Waals surface area contributed by atoms with Crippen molar-refractivity contribution in [1.82, 2.24) is 15.0 Å². The zero-order valence-corrected chi connectivity index (χ0v) is 17.5. The fourth-order valence-corrected chi connectivity index (χ4v) is 5.10. The normalized spacial score (nSPS) is 23.5. The van der Waals surface area contributed by atoms with Crippen LogP contribution in [0.1, 0.15) is 54.1 Å². The van der Waals surface area contributed by atoms with Crippen LogP contribution in [0.5, 0.6) is 11.5 Å². The molecule has 1 aromatic heterocycles. The number of hydrogen-bond acceptors (Lipinski definition) is 6. The minimum atomic E-state index is 0.320. The molecule has 5 rings (SSSR count). The van der Waals surface area contributed by atoms with Crippen molar-refractivity contribution >= 4 is 0 Å². The summed E-state index contributed by atoms with van der Waals surface area (Å²) in [7, 11) is 3.28. The Labute approximate surface area is 176 Å². The van der Waals surface area contributed by atoms with Crippen LogP contribution < -0.4 is 9.47 Å². The monoisotopic (exact) mass is 405 g/mol. The Hall–Kier alpha value is -2.86. The van der Waals surface area contributed by atoms with Crippen LogP contribution in [0.3, 0.4) is 0 Å². The van der Waals surface area contributed by atoms with Crippen molar-refractivity contribution < 1.29 is 14.0 Å². The van der Waals surface area contributed by atoms with Gasteiger partial charge in [0.2, 0.25) is 5.89 Å². The van der Waals surface area contributed by atoms with E-state index < -0.39 is 0 Å². The third kappa shape index (κ3) is 3.45. The second-order valence-corrected chi connectivity index (χ2v) is 8.13. The van der Waals surface area contributed by atoms with Crippen molar-refractivity contribution in [3.63, 3.8) is 0 Å². The average molecular weight is 405 g/mol. The number of fused-ring (bicyclic) bond motifs is 1. The van der Waals surface area contributed by atoms with Gasteiger partial charge in [0, 0.05) is 18.0 Å². The molecule has 3 atom stereocenters. The molecule has 30 heavy (non-hydrogen) atoms. The molecule has 2 saturated heterocycles. The largest absolute Gasteiger partial charge is 0.493 e. The number of aromatic nitrogens is 2. The summed E-state index contributed by atoms with van der Waals surface area (Å²) in [6.07, 6.45) is 4.06. The molecular weight excluding hydrogens is 378 g/mol. The summed E-state index contributed by atoms with van der Waals surface area (Å²) in [5, 5.41) is 4.39. The smallest absolute Gasteiger partial charge is 0.231 e. The van der Waals surface area contributed by atoms with Gasteiger partial charge < -0.3 is 14.0 Å². The van der Waals surface area contributed by atoms with Crippen molar-refractivity contribution in [1.29, 1.82) is 0 Å². The van der Waals surface area contributed by atoms with Crippen LogP contribution in [0.4, 0.5) is 0 Å². The molecule has 3 aromatic rings. The van der Waals surface area contributed by atoms with Gasteiger partial charge in [0.15, 0.2) is 17.3 Å². The molecule has 0 amide bonds. The summed E-state index contributed by atoms with van der Waals surface area (Å²) in [4.78, 5) is 7.44. The standard InChI is InChI=1S/C24H27N3O3/c1-28-21-11-10-16(13-22(21)29-2)14-23-25-24(26-30-23)18-15-20(17-7-4-3-5-8-17)27-12-6-9-19(18)27/h3-5,7-8,10-11,13,18-20H,6,9,12,14-15H2,1-2H3/t18-,19+,20-/m1/s1.